The van der Waals surface area contributed by atoms with Crippen LogP contribution < -0.4 is 10.7 Å². The van der Waals surface area contributed by atoms with Crippen molar-refractivity contribution in [2.45, 2.75) is 44.3 Å². The summed E-state index contributed by atoms with van der Waals surface area (Å²) in [7, 11) is 0. The van der Waals surface area contributed by atoms with E-state index < -0.39 is 5.76 Å². The molecule has 1 aliphatic heterocycles. The lowest BCUT2D eigenvalue weighted by atomic mass is 10.0. The molecule has 8 nitrogen and oxygen atoms in total. The summed E-state index contributed by atoms with van der Waals surface area (Å²) < 4.78 is 16.7. The number of hydrogen-bond acceptors (Lipinski definition) is 8. The van der Waals surface area contributed by atoms with Gasteiger partial charge in [0.2, 0.25) is 0 Å². The molecule has 0 amide bonds. The average Bonchev–Trinajstić information content (AvgIpc) is 3.23. The number of aromatic amines is 1. The van der Waals surface area contributed by atoms with Crippen molar-refractivity contribution >= 4 is 39.5 Å². The minimum absolute atomic E-state index is 0.133. The summed E-state index contributed by atoms with van der Waals surface area (Å²) in [4.78, 5) is 16.1. The number of benzene rings is 1. The molecule has 11 heteroatoms. The second-order valence-electron chi connectivity index (χ2n) is 8.86. The van der Waals surface area contributed by atoms with Gasteiger partial charge in [-0.1, -0.05) is 39.6 Å². The summed E-state index contributed by atoms with van der Waals surface area (Å²) in [5.41, 5.74) is 3.17. The van der Waals surface area contributed by atoms with Gasteiger partial charge in [-0.05, 0) is 43.9 Å². The topological polar surface area (TPSA) is 97.4 Å². The predicted molar refractivity (Wildman–Crippen MR) is 134 cm³/mol. The zero-order valence-corrected chi connectivity index (χ0v) is 21.0. The number of nitrogens with zero attached hydrogens (tertiary/aromatic N) is 3. The van der Waals surface area contributed by atoms with Crippen LogP contribution in [0.1, 0.15) is 42.9 Å². The van der Waals surface area contributed by atoms with Crippen LogP contribution in [-0.2, 0) is 11.3 Å². The fourth-order valence-electron chi connectivity index (χ4n) is 4.46. The number of ether oxygens (including phenoxy) is 1. The Labute approximate surface area is 214 Å². The smallest absolute Gasteiger partial charge is 0.373 e. The number of thiophene rings is 1. The van der Waals surface area contributed by atoms with Crippen molar-refractivity contribution in [1.82, 2.24) is 15.3 Å². The maximum atomic E-state index is 11.2. The second kappa shape index (κ2) is 9.46. The van der Waals surface area contributed by atoms with Gasteiger partial charge >= 0.3 is 5.76 Å². The van der Waals surface area contributed by atoms with E-state index in [1.165, 1.54) is 0 Å². The van der Waals surface area contributed by atoms with Gasteiger partial charge in [-0.15, -0.1) is 11.3 Å². The minimum atomic E-state index is -0.552. The number of nitrogens with one attached hydrogen (secondary N) is 1. The molecule has 0 unspecified atom stereocenters. The highest BCUT2D eigenvalue weighted by Crippen LogP contribution is 2.46. The summed E-state index contributed by atoms with van der Waals surface area (Å²) >= 11 is 14.6. The standard InChI is InChI=1S/C24H22Cl2N4O4S/c25-17-2-1-3-18(26)20(17)21-16(22(33-28-21)13-4-5-13)11-32-15-6-8-30(9-7-15)19-10-14(12-35-19)23-27-24(31)34-29-23/h1-3,10,12-13,15H,4-9,11H2,(H,27,29,31). The van der Waals surface area contributed by atoms with E-state index >= 15 is 0 Å². The molecule has 0 spiro atoms. The lowest BCUT2D eigenvalue weighted by molar-refractivity contribution is 0.0247. The van der Waals surface area contributed by atoms with Gasteiger partial charge in [-0.2, -0.15) is 0 Å². The Kier molecular flexibility index (Phi) is 6.18. The first-order chi connectivity index (χ1) is 17.1. The highest BCUT2D eigenvalue weighted by atomic mass is 35.5. The normalized spacial score (nSPS) is 16.8. The van der Waals surface area contributed by atoms with Crippen molar-refractivity contribution < 1.29 is 13.8 Å². The van der Waals surface area contributed by atoms with Crippen molar-refractivity contribution in [2.24, 2.45) is 0 Å². The van der Waals surface area contributed by atoms with Crippen molar-refractivity contribution in [1.29, 1.82) is 0 Å². The van der Waals surface area contributed by atoms with E-state index in [-0.39, 0.29) is 6.10 Å². The van der Waals surface area contributed by atoms with Crippen molar-refractivity contribution in [2.75, 3.05) is 18.0 Å². The highest BCUT2D eigenvalue weighted by molar-refractivity contribution is 7.14. The monoisotopic (exact) mass is 532 g/mol. The molecule has 4 aromatic rings. The number of H-pyrrole nitrogens is 1. The zero-order chi connectivity index (χ0) is 23.9. The third-order valence-corrected chi connectivity index (χ3v) is 8.10. The van der Waals surface area contributed by atoms with Gasteiger partial charge in [0.25, 0.3) is 0 Å². The Bertz CT molecular complexity index is 1380. The lowest BCUT2D eigenvalue weighted by Gasteiger charge is -2.32. The summed E-state index contributed by atoms with van der Waals surface area (Å²) in [5, 5.41) is 12.3. The first-order valence-electron chi connectivity index (χ1n) is 11.5. The van der Waals surface area contributed by atoms with E-state index in [9.17, 15) is 4.79 Å². The molecule has 35 heavy (non-hydrogen) atoms. The Morgan fingerprint density at radius 3 is 2.57 bits per heavy atom. The minimum Gasteiger partial charge on any atom is -0.373 e. The Hall–Kier alpha value is -2.59. The third kappa shape index (κ3) is 4.65. The van der Waals surface area contributed by atoms with Crippen LogP contribution in [0.5, 0.6) is 0 Å². The number of rotatable bonds is 7. The van der Waals surface area contributed by atoms with Crippen LogP contribution in [0.25, 0.3) is 22.6 Å². The van der Waals surface area contributed by atoms with E-state index in [0.717, 1.165) is 60.7 Å². The number of halogens is 2. The van der Waals surface area contributed by atoms with Gasteiger partial charge in [-0.25, -0.2) is 4.79 Å². The summed E-state index contributed by atoms with van der Waals surface area (Å²) in [5.74, 6) is 1.18. The van der Waals surface area contributed by atoms with Gasteiger partial charge in [-0.3, -0.25) is 9.51 Å². The Morgan fingerprint density at radius 1 is 1.11 bits per heavy atom. The van der Waals surface area contributed by atoms with Crippen LogP contribution in [0.3, 0.4) is 0 Å². The first-order valence-corrected chi connectivity index (χ1v) is 13.1. The predicted octanol–water partition coefficient (Wildman–Crippen LogP) is 6.12. The fourth-order valence-corrected chi connectivity index (χ4v) is 5.99. The third-order valence-electron chi connectivity index (χ3n) is 6.48. The molecule has 4 heterocycles. The molecule has 3 aromatic heterocycles. The van der Waals surface area contributed by atoms with E-state index in [1.54, 1.807) is 11.3 Å². The molecule has 1 saturated heterocycles. The highest BCUT2D eigenvalue weighted by Gasteiger charge is 2.34. The van der Waals surface area contributed by atoms with E-state index in [0.29, 0.717) is 39.7 Å². The molecule has 2 aliphatic rings. The van der Waals surface area contributed by atoms with E-state index in [4.69, 9.17) is 32.5 Å². The van der Waals surface area contributed by atoms with E-state index in [2.05, 4.69) is 24.7 Å². The van der Waals surface area contributed by atoms with Gasteiger partial charge in [0.05, 0.1) is 27.8 Å². The van der Waals surface area contributed by atoms with Crippen LogP contribution in [0.2, 0.25) is 10.0 Å². The van der Waals surface area contributed by atoms with Gasteiger partial charge in [0.1, 0.15) is 11.5 Å². The number of piperidine rings is 1. The fraction of sp³-hybridized carbons (Fsp3) is 0.375. The first kappa shape index (κ1) is 22.8. The van der Waals surface area contributed by atoms with Gasteiger partial charge < -0.3 is 14.2 Å². The molecule has 0 radical (unpaired) electrons. The molecule has 6 rings (SSSR count). The molecule has 1 aromatic carbocycles. The molecular weight excluding hydrogens is 511 g/mol. The van der Waals surface area contributed by atoms with Gasteiger partial charge in [0.15, 0.2) is 5.82 Å². The summed E-state index contributed by atoms with van der Waals surface area (Å²) in [6, 6.07) is 7.47. The largest absolute Gasteiger partial charge is 0.439 e. The van der Waals surface area contributed by atoms with Crippen LogP contribution >= 0.6 is 34.5 Å². The number of anilines is 1. The van der Waals surface area contributed by atoms with Crippen molar-refractivity contribution in [3.63, 3.8) is 0 Å². The van der Waals surface area contributed by atoms with Crippen LogP contribution in [0, 0.1) is 0 Å². The van der Waals surface area contributed by atoms with Crippen LogP contribution in [0.4, 0.5) is 5.00 Å². The van der Waals surface area contributed by atoms with E-state index in [1.807, 2.05) is 29.6 Å². The lowest BCUT2D eigenvalue weighted by Crippen LogP contribution is -2.36. The molecule has 2 fully saturated rings. The SMILES string of the molecule is O=c1[nH]c(-c2csc(N3CCC(OCc4c(-c5c(Cl)cccc5Cl)noc4C4CC4)CC3)c2)no1. The summed E-state index contributed by atoms with van der Waals surface area (Å²) in [6.07, 6.45) is 4.14. The van der Waals surface area contributed by atoms with Crippen molar-refractivity contribution in [3.05, 3.63) is 61.6 Å². The number of hydrogen-bond donors (Lipinski definition) is 1. The molecule has 0 bridgehead atoms. The number of aromatic nitrogens is 3. The Balaban J connectivity index is 1.12. The second-order valence-corrected chi connectivity index (χ2v) is 10.6. The maximum Gasteiger partial charge on any atom is 0.439 e. The van der Waals surface area contributed by atoms with Crippen LogP contribution in [-0.4, -0.2) is 34.5 Å². The molecule has 1 N–H and O–H groups in total. The van der Waals surface area contributed by atoms with Gasteiger partial charge in [0, 0.05) is 41.1 Å². The molecular formula is C24H22Cl2N4O4S. The quantitative estimate of drug-likeness (QED) is 0.306. The average molecular weight is 533 g/mol. The molecule has 1 aliphatic carbocycles. The maximum absolute atomic E-state index is 11.2. The summed E-state index contributed by atoms with van der Waals surface area (Å²) in [6.45, 7) is 2.17. The molecule has 1 saturated carbocycles. The molecule has 0 atom stereocenters. The molecule has 182 valence electrons. The Morgan fingerprint density at radius 2 is 1.89 bits per heavy atom. The van der Waals surface area contributed by atoms with Crippen LogP contribution in [0.15, 0.2) is 43.5 Å². The van der Waals surface area contributed by atoms with Crippen molar-refractivity contribution in [3.8, 4) is 22.6 Å². The zero-order valence-electron chi connectivity index (χ0n) is 18.6.